The molecule has 3 rings (SSSR count). The summed E-state index contributed by atoms with van der Waals surface area (Å²) in [6.45, 7) is 0.525. The molecule has 2 aromatic carbocycles. The molecule has 0 saturated carbocycles. The summed E-state index contributed by atoms with van der Waals surface area (Å²) in [6, 6.07) is 16.2. The van der Waals surface area contributed by atoms with Crippen LogP contribution in [-0.4, -0.2) is 10.2 Å². The van der Waals surface area contributed by atoms with Gasteiger partial charge in [-0.1, -0.05) is 42.5 Å². The van der Waals surface area contributed by atoms with Crippen molar-refractivity contribution in [3.8, 4) is 11.3 Å². The minimum Gasteiger partial charge on any atom is -0.326 e. The molecule has 0 aliphatic rings. The highest BCUT2D eigenvalue weighted by molar-refractivity contribution is 5.93. The average Bonchev–Trinajstić information content (AvgIpc) is 2.82. The summed E-state index contributed by atoms with van der Waals surface area (Å²) in [5.74, 6) is 0. The maximum absolute atomic E-state index is 5.76. The first-order chi connectivity index (χ1) is 8.40. The molecule has 0 bridgehead atoms. The monoisotopic (exact) mass is 223 g/mol. The van der Waals surface area contributed by atoms with Crippen LogP contribution in [0.3, 0.4) is 0 Å². The van der Waals surface area contributed by atoms with Crippen molar-refractivity contribution in [2.24, 2.45) is 5.73 Å². The number of benzene rings is 2. The first-order valence-electron chi connectivity index (χ1n) is 5.61. The third-order valence-electron chi connectivity index (χ3n) is 2.96. The summed E-state index contributed by atoms with van der Waals surface area (Å²) in [6.07, 6.45) is 0. The fourth-order valence-corrected chi connectivity index (χ4v) is 2.10. The molecule has 3 aromatic rings. The number of nitrogens with one attached hydrogen (secondary N) is 1. The van der Waals surface area contributed by atoms with Gasteiger partial charge < -0.3 is 5.73 Å². The van der Waals surface area contributed by atoms with E-state index in [1.54, 1.807) is 0 Å². The second-order valence-electron chi connectivity index (χ2n) is 3.98. The Morgan fingerprint density at radius 1 is 1.00 bits per heavy atom. The van der Waals surface area contributed by atoms with Crippen molar-refractivity contribution in [2.45, 2.75) is 6.54 Å². The number of para-hydroxylation sites is 1. The van der Waals surface area contributed by atoms with Gasteiger partial charge in [-0.15, -0.1) is 0 Å². The van der Waals surface area contributed by atoms with Gasteiger partial charge in [-0.25, -0.2) is 0 Å². The molecule has 0 aliphatic carbocycles. The summed E-state index contributed by atoms with van der Waals surface area (Å²) in [5.41, 5.74) is 10.0. The molecule has 0 fully saturated rings. The van der Waals surface area contributed by atoms with E-state index in [2.05, 4.69) is 22.3 Å². The smallest absolute Gasteiger partial charge is 0.100 e. The third-order valence-corrected chi connectivity index (χ3v) is 2.96. The zero-order valence-electron chi connectivity index (χ0n) is 9.35. The molecule has 0 unspecified atom stereocenters. The SMILES string of the molecule is NCc1ccccc1-c1n[nH]c2ccccc12. The second kappa shape index (κ2) is 4.03. The molecule has 1 aromatic heterocycles. The summed E-state index contributed by atoms with van der Waals surface area (Å²) in [7, 11) is 0. The normalized spacial score (nSPS) is 10.9. The quantitative estimate of drug-likeness (QED) is 0.701. The molecule has 0 radical (unpaired) electrons. The lowest BCUT2D eigenvalue weighted by Gasteiger charge is -2.04. The zero-order valence-corrected chi connectivity index (χ0v) is 9.35. The number of aromatic nitrogens is 2. The van der Waals surface area contributed by atoms with Crippen molar-refractivity contribution in [1.82, 2.24) is 10.2 Å². The highest BCUT2D eigenvalue weighted by Crippen LogP contribution is 2.28. The van der Waals surface area contributed by atoms with Crippen LogP contribution in [-0.2, 0) is 6.54 Å². The molecule has 1 heterocycles. The van der Waals surface area contributed by atoms with Gasteiger partial charge in [0.15, 0.2) is 0 Å². The van der Waals surface area contributed by atoms with Crippen molar-refractivity contribution >= 4 is 10.9 Å². The van der Waals surface area contributed by atoms with Crippen LogP contribution in [0.4, 0.5) is 0 Å². The van der Waals surface area contributed by atoms with E-state index in [1.807, 2.05) is 36.4 Å². The number of fused-ring (bicyclic) bond motifs is 1. The van der Waals surface area contributed by atoms with E-state index in [-0.39, 0.29) is 0 Å². The maximum Gasteiger partial charge on any atom is 0.100 e. The van der Waals surface area contributed by atoms with Gasteiger partial charge in [0.05, 0.1) is 5.52 Å². The Hall–Kier alpha value is -2.13. The predicted octanol–water partition coefficient (Wildman–Crippen LogP) is 2.69. The Balaban J connectivity index is 2.27. The number of H-pyrrole nitrogens is 1. The van der Waals surface area contributed by atoms with Gasteiger partial charge in [0.25, 0.3) is 0 Å². The lowest BCUT2D eigenvalue weighted by atomic mass is 10.0. The van der Waals surface area contributed by atoms with Gasteiger partial charge in [-0.2, -0.15) is 5.10 Å². The third kappa shape index (κ3) is 1.61. The van der Waals surface area contributed by atoms with Crippen LogP contribution in [0.1, 0.15) is 5.56 Å². The van der Waals surface area contributed by atoms with E-state index in [0.29, 0.717) is 6.54 Å². The molecular formula is C14H13N3. The van der Waals surface area contributed by atoms with Crippen LogP contribution in [0.2, 0.25) is 0 Å². The Bertz CT molecular complexity index is 655. The average molecular weight is 223 g/mol. The van der Waals surface area contributed by atoms with E-state index in [1.165, 1.54) is 0 Å². The minimum atomic E-state index is 0.525. The Labute approximate surface area is 99.3 Å². The first-order valence-corrected chi connectivity index (χ1v) is 5.61. The van der Waals surface area contributed by atoms with Crippen LogP contribution in [0.5, 0.6) is 0 Å². The van der Waals surface area contributed by atoms with E-state index in [0.717, 1.165) is 27.7 Å². The largest absolute Gasteiger partial charge is 0.326 e. The summed E-state index contributed by atoms with van der Waals surface area (Å²) in [5, 5.41) is 8.57. The molecule has 0 spiro atoms. The van der Waals surface area contributed by atoms with Crippen LogP contribution in [0.15, 0.2) is 48.5 Å². The van der Waals surface area contributed by atoms with Gasteiger partial charge in [-0.05, 0) is 11.6 Å². The van der Waals surface area contributed by atoms with Crippen molar-refractivity contribution in [1.29, 1.82) is 0 Å². The van der Waals surface area contributed by atoms with Gasteiger partial charge in [0, 0.05) is 17.5 Å². The fourth-order valence-electron chi connectivity index (χ4n) is 2.10. The van der Waals surface area contributed by atoms with E-state index in [9.17, 15) is 0 Å². The molecular weight excluding hydrogens is 210 g/mol. The molecule has 0 aliphatic heterocycles. The highest BCUT2D eigenvalue weighted by Gasteiger charge is 2.10. The molecule has 84 valence electrons. The van der Waals surface area contributed by atoms with Crippen molar-refractivity contribution in [3.05, 3.63) is 54.1 Å². The van der Waals surface area contributed by atoms with Crippen LogP contribution < -0.4 is 5.73 Å². The molecule has 0 amide bonds. The number of hydrogen-bond acceptors (Lipinski definition) is 2. The number of nitrogens with zero attached hydrogens (tertiary/aromatic N) is 1. The van der Waals surface area contributed by atoms with E-state index < -0.39 is 0 Å². The molecule has 3 N–H and O–H groups in total. The van der Waals surface area contributed by atoms with Crippen molar-refractivity contribution in [2.75, 3.05) is 0 Å². The van der Waals surface area contributed by atoms with Gasteiger partial charge in [0.2, 0.25) is 0 Å². The number of aromatic amines is 1. The Morgan fingerprint density at radius 2 is 1.76 bits per heavy atom. The number of hydrogen-bond donors (Lipinski definition) is 2. The molecule has 0 atom stereocenters. The topological polar surface area (TPSA) is 54.7 Å². The number of nitrogens with two attached hydrogens (primary N) is 1. The molecule has 0 saturated heterocycles. The summed E-state index contributed by atoms with van der Waals surface area (Å²) in [4.78, 5) is 0. The first kappa shape index (κ1) is 10.1. The fraction of sp³-hybridized carbons (Fsp3) is 0.0714. The van der Waals surface area contributed by atoms with Crippen LogP contribution in [0, 0.1) is 0 Å². The van der Waals surface area contributed by atoms with Gasteiger partial charge in [-0.3, -0.25) is 5.10 Å². The second-order valence-corrected chi connectivity index (χ2v) is 3.98. The molecule has 3 heteroatoms. The van der Waals surface area contributed by atoms with Gasteiger partial charge in [0.1, 0.15) is 5.69 Å². The Kier molecular flexibility index (Phi) is 2.38. The Morgan fingerprint density at radius 3 is 2.65 bits per heavy atom. The van der Waals surface area contributed by atoms with Crippen LogP contribution in [0.25, 0.3) is 22.2 Å². The van der Waals surface area contributed by atoms with E-state index >= 15 is 0 Å². The molecule has 3 nitrogen and oxygen atoms in total. The minimum absolute atomic E-state index is 0.525. The van der Waals surface area contributed by atoms with Crippen LogP contribution >= 0.6 is 0 Å². The van der Waals surface area contributed by atoms with Crippen molar-refractivity contribution in [3.63, 3.8) is 0 Å². The lowest BCUT2D eigenvalue weighted by molar-refractivity contribution is 1.06. The highest BCUT2D eigenvalue weighted by atomic mass is 15.1. The molecule has 17 heavy (non-hydrogen) atoms. The van der Waals surface area contributed by atoms with E-state index in [4.69, 9.17) is 5.73 Å². The van der Waals surface area contributed by atoms with Gasteiger partial charge >= 0.3 is 0 Å². The standard InChI is InChI=1S/C14H13N3/c15-9-10-5-1-2-6-11(10)14-12-7-3-4-8-13(12)16-17-14/h1-8H,9,15H2,(H,16,17). The zero-order chi connectivity index (χ0) is 11.7. The van der Waals surface area contributed by atoms with Crippen molar-refractivity contribution < 1.29 is 0 Å². The summed E-state index contributed by atoms with van der Waals surface area (Å²) >= 11 is 0. The maximum atomic E-state index is 5.76. The summed E-state index contributed by atoms with van der Waals surface area (Å²) < 4.78 is 0. The number of rotatable bonds is 2. The predicted molar refractivity (Wildman–Crippen MR) is 69.4 cm³/mol. The lowest BCUT2D eigenvalue weighted by Crippen LogP contribution is -1.98.